The highest BCUT2D eigenvalue weighted by Gasteiger charge is 2.21. The number of anilines is 2. The van der Waals surface area contributed by atoms with E-state index in [0.717, 1.165) is 5.56 Å². The molecule has 8 heteroatoms. The second-order valence-electron chi connectivity index (χ2n) is 4.33. The third kappa shape index (κ3) is 3.62. The summed E-state index contributed by atoms with van der Waals surface area (Å²) in [5, 5.41) is 17.1. The standard InChI is InChI=1S/C13H16N6O2/c1-3-15-13-17-9(2)11(19(20)21)12(18-13)16-8-10-5-4-6-14-7-10/h4-7H,3,8H2,1-2H3,(H2,15,16,17,18). The van der Waals surface area contributed by atoms with Gasteiger partial charge in [0, 0.05) is 25.5 Å². The SMILES string of the molecule is CCNc1nc(C)c([N+](=O)[O-])c(NCc2cccnc2)n1. The first-order chi connectivity index (χ1) is 10.1. The molecule has 0 spiro atoms. The van der Waals surface area contributed by atoms with E-state index in [4.69, 9.17) is 0 Å². The third-order valence-corrected chi connectivity index (χ3v) is 2.76. The van der Waals surface area contributed by atoms with Gasteiger partial charge in [0.05, 0.1) is 4.92 Å². The molecular formula is C13H16N6O2. The van der Waals surface area contributed by atoms with Crippen LogP contribution in [0.4, 0.5) is 17.5 Å². The van der Waals surface area contributed by atoms with Gasteiger partial charge in [-0.3, -0.25) is 15.1 Å². The van der Waals surface area contributed by atoms with Crippen molar-refractivity contribution >= 4 is 17.5 Å². The Kier molecular flexibility index (Phi) is 4.60. The Balaban J connectivity index is 2.28. The van der Waals surface area contributed by atoms with Crippen LogP contribution in [0.1, 0.15) is 18.2 Å². The van der Waals surface area contributed by atoms with Gasteiger partial charge in [0.1, 0.15) is 5.69 Å². The predicted octanol–water partition coefficient (Wildman–Crippen LogP) is 2.13. The molecule has 0 atom stereocenters. The number of nitrogens with one attached hydrogen (secondary N) is 2. The zero-order valence-electron chi connectivity index (χ0n) is 11.8. The molecular weight excluding hydrogens is 272 g/mol. The van der Waals surface area contributed by atoms with E-state index in [-0.39, 0.29) is 11.5 Å². The first-order valence-electron chi connectivity index (χ1n) is 6.51. The lowest BCUT2D eigenvalue weighted by Crippen LogP contribution is -2.11. The van der Waals surface area contributed by atoms with Crippen LogP contribution in [0, 0.1) is 17.0 Å². The quantitative estimate of drug-likeness (QED) is 0.619. The van der Waals surface area contributed by atoms with Crippen LogP contribution in [0.5, 0.6) is 0 Å². The highest BCUT2D eigenvalue weighted by atomic mass is 16.6. The number of hydrogen-bond donors (Lipinski definition) is 2. The van der Waals surface area contributed by atoms with E-state index in [1.165, 1.54) is 0 Å². The van der Waals surface area contributed by atoms with Crippen molar-refractivity contribution in [3.05, 3.63) is 45.9 Å². The summed E-state index contributed by atoms with van der Waals surface area (Å²) in [6.45, 7) is 4.54. The molecule has 21 heavy (non-hydrogen) atoms. The van der Waals surface area contributed by atoms with Crippen molar-refractivity contribution in [1.82, 2.24) is 15.0 Å². The number of aromatic nitrogens is 3. The maximum Gasteiger partial charge on any atom is 0.332 e. The molecule has 0 aliphatic heterocycles. The Bertz CT molecular complexity index is 632. The number of rotatable bonds is 6. The lowest BCUT2D eigenvalue weighted by atomic mass is 10.3. The molecule has 0 radical (unpaired) electrons. The summed E-state index contributed by atoms with van der Waals surface area (Å²) < 4.78 is 0. The molecule has 0 saturated heterocycles. The normalized spacial score (nSPS) is 10.2. The lowest BCUT2D eigenvalue weighted by molar-refractivity contribution is -0.385. The molecule has 0 amide bonds. The van der Waals surface area contributed by atoms with Crippen molar-refractivity contribution in [2.45, 2.75) is 20.4 Å². The Morgan fingerprint density at radius 1 is 1.33 bits per heavy atom. The van der Waals surface area contributed by atoms with Crippen LogP contribution in [-0.2, 0) is 6.54 Å². The number of hydrogen-bond acceptors (Lipinski definition) is 7. The van der Waals surface area contributed by atoms with Crippen LogP contribution in [0.2, 0.25) is 0 Å². The minimum atomic E-state index is -0.476. The number of aryl methyl sites for hydroxylation is 1. The van der Waals surface area contributed by atoms with Crippen molar-refractivity contribution in [3.8, 4) is 0 Å². The molecule has 2 N–H and O–H groups in total. The molecule has 0 aliphatic carbocycles. The summed E-state index contributed by atoms with van der Waals surface area (Å²) in [6, 6.07) is 3.69. The van der Waals surface area contributed by atoms with Crippen molar-refractivity contribution in [1.29, 1.82) is 0 Å². The fourth-order valence-corrected chi connectivity index (χ4v) is 1.83. The number of nitrogens with zero attached hydrogens (tertiary/aromatic N) is 4. The van der Waals surface area contributed by atoms with Gasteiger partial charge >= 0.3 is 5.69 Å². The molecule has 2 rings (SSSR count). The monoisotopic (exact) mass is 288 g/mol. The van der Waals surface area contributed by atoms with Crippen LogP contribution in [0.3, 0.4) is 0 Å². The maximum atomic E-state index is 11.2. The third-order valence-electron chi connectivity index (χ3n) is 2.76. The van der Waals surface area contributed by atoms with Gasteiger partial charge in [-0.05, 0) is 25.5 Å². The summed E-state index contributed by atoms with van der Waals surface area (Å²) >= 11 is 0. The zero-order chi connectivity index (χ0) is 15.2. The van der Waals surface area contributed by atoms with E-state index in [0.29, 0.717) is 24.7 Å². The molecule has 0 fully saturated rings. The predicted molar refractivity (Wildman–Crippen MR) is 79.2 cm³/mol. The van der Waals surface area contributed by atoms with Gasteiger partial charge in [0.2, 0.25) is 11.8 Å². The Labute approximate surface area is 121 Å². The summed E-state index contributed by atoms with van der Waals surface area (Å²) in [6.07, 6.45) is 3.36. The highest BCUT2D eigenvalue weighted by molar-refractivity contribution is 5.60. The van der Waals surface area contributed by atoms with Gasteiger partial charge in [-0.25, -0.2) is 4.98 Å². The average molecular weight is 288 g/mol. The number of nitro groups is 1. The topological polar surface area (TPSA) is 106 Å². The first kappa shape index (κ1) is 14.6. The van der Waals surface area contributed by atoms with Gasteiger partial charge in [0.15, 0.2) is 0 Å². The molecule has 0 aliphatic rings. The molecule has 2 heterocycles. The minimum absolute atomic E-state index is 0.111. The van der Waals surface area contributed by atoms with Crippen molar-refractivity contribution < 1.29 is 4.92 Å². The second kappa shape index (κ2) is 6.60. The van der Waals surface area contributed by atoms with Gasteiger partial charge in [0.25, 0.3) is 0 Å². The largest absolute Gasteiger partial charge is 0.360 e. The lowest BCUT2D eigenvalue weighted by Gasteiger charge is -2.10. The molecule has 0 saturated carbocycles. The fraction of sp³-hybridized carbons (Fsp3) is 0.308. The Morgan fingerprint density at radius 2 is 2.14 bits per heavy atom. The Morgan fingerprint density at radius 3 is 2.76 bits per heavy atom. The van der Waals surface area contributed by atoms with Crippen LogP contribution in [0.15, 0.2) is 24.5 Å². The van der Waals surface area contributed by atoms with Crippen molar-refractivity contribution in [3.63, 3.8) is 0 Å². The molecule has 110 valence electrons. The Hall–Kier alpha value is -2.77. The second-order valence-corrected chi connectivity index (χ2v) is 4.33. The number of pyridine rings is 1. The molecule has 8 nitrogen and oxygen atoms in total. The van der Waals surface area contributed by atoms with E-state index in [1.807, 2.05) is 13.0 Å². The first-order valence-corrected chi connectivity index (χ1v) is 6.51. The van der Waals surface area contributed by atoms with Crippen molar-refractivity contribution in [2.75, 3.05) is 17.2 Å². The van der Waals surface area contributed by atoms with Gasteiger partial charge in [-0.1, -0.05) is 6.07 Å². The maximum absolute atomic E-state index is 11.2. The van der Waals surface area contributed by atoms with E-state index in [9.17, 15) is 10.1 Å². The molecule has 2 aromatic heterocycles. The van der Waals surface area contributed by atoms with E-state index >= 15 is 0 Å². The fourth-order valence-electron chi connectivity index (χ4n) is 1.83. The van der Waals surface area contributed by atoms with Gasteiger partial charge in [-0.15, -0.1) is 0 Å². The molecule has 0 unspecified atom stereocenters. The molecule has 2 aromatic rings. The molecule has 0 aromatic carbocycles. The van der Waals surface area contributed by atoms with Crippen LogP contribution in [0.25, 0.3) is 0 Å². The van der Waals surface area contributed by atoms with Crippen LogP contribution < -0.4 is 10.6 Å². The van der Waals surface area contributed by atoms with E-state index in [1.54, 1.807) is 25.4 Å². The summed E-state index contributed by atoms with van der Waals surface area (Å²) in [4.78, 5) is 22.9. The van der Waals surface area contributed by atoms with E-state index < -0.39 is 4.92 Å². The van der Waals surface area contributed by atoms with E-state index in [2.05, 4.69) is 25.6 Å². The van der Waals surface area contributed by atoms with Crippen LogP contribution >= 0.6 is 0 Å². The van der Waals surface area contributed by atoms with Crippen molar-refractivity contribution in [2.24, 2.45) is 0 Å². The molecule has 0 bridgehead atoms. The highest BCUT2D eigenvalue weighted by Crippen LogP contribution is 2.26. The van der Waals surface area contributed by atoms with Gasteiger partial charge < -0.3 is 10.6 Å². The average Bonchev–Trinajstić information content (AvgIpc) is 2.45. The summed E-state index contributed by atoms with van der Waals surface area (Å²) in [5.41, 5.74) is 1.12. The van der Waals surface area contributed by atoms with Gasteiger partial charge in [-0.2, -0.15) is 4.98 Å². The zero-order valence-corrected chi connectivity index (χ0v) is 11.8. The smallest absolute Gasteiger partial charge is 0.332 e. The van der Waals surface area contributed by atoms with Crippen LogP contribution in [-0.4, -0.2) is 26.4 Å². The summed E-state index contributed by atoms with van der Waals surface area (Å²) in [7, 11) is 0. The minimum Gasteiger partial charge on any atom is -0.360 e. The summed E-state index contributed by atoms with van der Waals surface area (Å²) in [5.74, 6) is 0.571.